The fourth-order valence-electron chi connectivity index (χ4n) is 4.45. The van der Waals surface area contributed by atoms with Crippen LogP contribution in [0.2, 0.25) is 5.02 Å². The number of anilines is 1. The van der Waals surface area contributed by atoms with E-state index >= 15 is 0 Å². The Morgan fingerprint density at radius 3 is 2.52 bits per heavy atom. The van der Waals surface area contributed by atoms with E-state index in [1.165, 1.54) is 0 Å². The van der Waals surface area contributed by atoms with Crippen molar-refractivity contribution in [3.8, 4) is 0 Å². The molecule has 1 saturated heterocycles. The number of aryl methyl sites for hydroxylation is 1. The SMILES string of the molecule is Cc1ccc(NC(=S)N(Cc2cccnc2)C2CC(C)(C)NC(C)(C)C2)c(Cl)c1. The molecule has 1 aliphatic rings. The minimum Gasteiger partial charge on any atom is -0.342 e. The van der Waals surface area contributed by atoms with Gasteiger partial charge >= 0.3 is 0 Å². The molecule has 0 spiro atoms. The van der Waals surface area contributed by atoms with E-state index in [0.717, 1.165) is 29.7 Å². The monoisotopic (exact) mass is 430 g/mol. The highest BCUT2D eigenvalue weighted by atomic mass is 35.5. The van der Waals surface area contributed by atoms with Gasteiger partial charge in [0.05, 0.1) is 10.7 Å². The molecular weight excluding hydrogens is 400 g/mol. The molecule has 0 unspecified atom stereocenters. The van der Waals surface area contributed by atoms with Gasteiger partial charge < -0.3 is 15.5 Å². The summed E-state index contributed by atoms with van der Waals surface area (Å²) in [7, 11) is 0. The highest BCUT2D eigenvalue weighted by molar-refractivity contribution is 7.80. The van der Waals surface area contributed by atoms with Crippen LogP contribution in [0, 0.1) is 6.92 Å². The third kappa shape index (κ3) is 5.91. The largest absolute Gasteiger partial charge is 0.342 e. The summed E-state index contributed by atoms with van der Waals surface area (Å²) in [6.45, 7) is 11.8. The summed E-state index contributed by atoms with van der Waals surface area (Å²) < 4.78 is 0. The van der Waals surface area contributed by atoms with Gasteiger partial charge in [-0.1, -0.05) is 23.7 Å². The lowest BCUT2D eigenvalue weighted by Crippen LogP contribution is -2.63. The molecule has 1 aromatic heterocycles. The molecule has 1 fully saturated rings. The summed E-state index contributed by atoms with van der Waals surface area (Å²) in [5.41, 5.74) is 3.15. The Hall–Kier alpha value is -1.69. The third-order valence-corrected chi connectivity index (χ3v) is 5.96. The second-order valence-electron chi connectivity index (χ2n) is 9.36. The van der Waals surface area contributed by atoms with Crippen LogP contribution in [0.25, 0.3) is 0 Å². The molecule has 156 valence electrons. The normalized spacial score (nSPS) is 18.3. The first kappa shape index (κ1) is 22.0. The van der Waals surface area contributed by atoms with Crippen LogP contribution in [-0.2, 0) is 6.54 Å². The Morgan fingerprint density at radius 2 is 1.93 bits per heavy atom. The summed E-state index contributed by atoms with van der Waals surface area (Å²) in [6, 6.07) is 10.3. The van der Waals surface area contributed by atoms with Crippen LogP contribution in [0.3, 0.4) is 0 Å². The summed E-state index contributed by atoms with van der Waals surface area (Å²) in [6.07, 6.45) is 5.71. The molecule has 0 radical (unpaired) electrons. The lowest BCUT2D eigenvalue weighted by molar-refractivity contribution is 0.101. The molecule has 29 heavy (non-hydrogen) atoms. The first-order chi connectivity index (χ1) is 13.5. The van der Waals surface area contributed by atoms with Crippen molar-refractivity contribution >= 4 is 34.6 Å². The lowest BCUT2D eigenvalue weighted by atomic mass is 9.79. The maximum atomic E-state index is 6.45. The molecule has 0 amide bonds. The number of nitrogens with zero attached hydrogens (tertiary/aromatic N) is 2. The molecule has 3 rings (SSSR count). The molecule has 2 aromatic rings. The number of piperidine rings is 1. The number of nitrogens with one attached hydrogen (secondary N) is 2. The molecule has 6 heteroatoms. The van der Waals surface area contributed by atoms with Gasteiger partial charge in [0.1, 0.15) is 0 Å². The zero-order chi connectivity index (χ0) is 21.2. The van der Waals surface area contributed by atoms with Gasteiger partial charge in [0.25, 0.3) is 0 Å². The molecule has 0 aliphatic carbocycles. The number of hydrogen-bond donors (Lipinski definition) is 2. The van der Waals surface area contributed by atoms with Gasteiger partial charge in [-0.2, -0.15) is 0 Å². The number of hydrogen-bond acceptors (Lipinski definition) is 3. The number of aromatic nitrogens is 1. The molecule has 1 aliphatic heterocycles. The fraction of sp³-hybridized carbons (Fsp3) is 0.478. The highest BCUT2D eigenvalue weighted by Crippen LogP contribution is 2.33. The predicted molar refractivity (Wildman–Crippen MR) is 127 cm³/mol. The smallest absolute Gasteiger partial charge is 0.174 e. The fourth-order valence-corrected chi connectivity index (χ4v) is 5.06. The number of thiocarbonyl (C=S) groups is 1. The molecule has 0 bridgehead atoms. The van der Waals surface area contributed by atoms with Gasteiger partial charge in [-0.15, -0.1) is 0 Å². The maximum absolute atomic E-state index is 6.45. The number of pyridine rings is 1. The minimum absolute atomic E-state index is 0.0245. The standard InChI is InChI=1S/C23H31ClN4S/c1-16-8-9-20(19(24)11-16)26-21(29)28(15-17-7-6-10-25-14-17)18-12-22(2,3)27-23(4,5)13-18/h6-11,14,18,27H,12-13,15H2,1-5H3,(H,26,29). The van der Waals surface area contributed by atoms with Crippen molar-refractivity contribution in [3.05, 3.63) is 58.9 Å². The van der Waals surface area contributed by atoms with Crippen molar-refractivity contribution in [2.45, 2.75) is 71.1 Å². The van der Waals surface area contributed by atoms with E-state index in [1.807, 2.05) is 37.4 Å². The van der Waals surface area contributed by atoms with Crippen molar-refractivity contribution in [1.82, 2.24) is 15.2 Å². The van der Waals surface area contributed by atoms with E-state index in [2.05, 4.69) is 54.3 Å². The summed E-state index contributed by atoms with van der Waals surface area (Å²) in [5, 5.41) is 8.53. The van der Waals surface area contributed by atoms with Crippen LogP contribution >= 0.6 is 23.8 Å². The molecule has 2 heterocycles. The van der Waals surface area contributed by atoms with Crippen molar-refractivity contribution < 1.29 is 0 Å². The Balaban J connectivity index is 1.89. The first-order valence-corrected chi connectivity index (χ1v) is 10.9. The number of rotatable bonds is 4. The van der Waals surface area contributed by atoms with Crippen molar-refractivity contribution in [2.75, 3.05) is 5.32 Å². The van der Waals surface area contributed by atoms with Crippen LogP contribution in [0.5, 0.6) is 0 Å². The second-order valence-corrected chi connectivity index (χ2v) is 10.2. The van der Waals surface area contributed by atoms with E-state index in [-0.39, 0.29) is 11.1 Å². The van der Waals surface area contributed by atoms with E-state index in [0.29, 0.717) is 22.7 Å². The van der Waals surface area contributed by atoms with Crippen molar-refractivity contribution in [1.29, 1.82) is 0 Å². The Labute approximate surface area is 185 Å². The van der Waals surface area contributed by atoms with Crippen molar-refractivity contribution in [3.63, 3.8) is 0 Å². The van der Waals surface area contributed by atoms with Crippen LogP contribution in [0.4, 0.5) is 5.69 Å². The van der Waals surface area contributed by atoms with Gasteiger partial charge in [0, 0.05) is 36.1 Å². The van der Waals surface area contributed by atoms with Gasteiger partial charge in [-0.05, 0) is 89.0 Å². The predicted octanol–water partition coefficient (Wildman–Crippen LogP) is 5.55. The average molecular weight is 431 g/mol. The highest BCUT2D eigenvalue weighted by Gasteiger charge is 2.40. The van der Waals surface area contributed by atoms with Crippen LogP contribution in [0.1, 0.15) is 51.7 Å². The maximum Gasteiger partial charge on any atom is 0.174 e. The molecular formula is C23H31ClN4S. The molecule has 1 aromatic carbocycles. The molecule has 0 atom stereocenters. The zero-order valence-corrected chi connectivity index (χ0v) is 19.5. The van der Waals surface area contributed by atoms with Crippen LogP contribution in [-0.4, -0.2) is 32.1 Å². The van der Waals surface area contributed by atoms with E-state index in [9.17, 15) is 0 Å². The van der Waals surface area contributed by atoms with E-state index in [4.69, 9.17) is 23.8 Å². The molecule has 2 N–H and O–H groups in total. The number of benzene rings is 1. The number of halogens is 1. The van der Waals surface area contributed by atoms with Gasteiger partial charge in [0.15, 0.2) is 5.11 Å². The Bertz CT molecular complexity index is 850. The second kappa shape index (κ2) is 8.58. The summed E-state index contributed by atoms with van der Waals surface area (Å²) in [5.74, 6) is 0. The molecule has 4 nitrogen and oxygen atoms in total. The lowest BCUT2D eigenvalue weighted by Gasteiger charge is -2.50. The van der Waals surface area contributed by atoms with E-state index in [1.54, 1.807) is 6.20 Å². The molecule has 0 saturated carbocycles. The summed E-state index contributed by atoms with van der Waals surface area (Å²) >= 11 is 12.3. The Morgan fingerprint density at radius 1 is 1.24 bits per heavy atom. The summed E-state index contributed by atoms with van der Waals surface area (Å²) in [4.78, 5) is 6.58. The zero-order valence-electron chi connectivity index (χ0n) is 17.9. The topological polar surface area (TPSA) is 40.2 Å². The van der Waals surface area contributed by atoms with Gasteiger partial charge in [-0.3, -0.25) is 4.98 Å². The Kier molecular flexibility index (Phi) is 6.51. The average Bonchev–Trinajstić information content (AvgIpc) is 2.60. The minimum atomic E-state index is 0.0245. The van der Waals surface area contributed by atoms with Crippen molar-refractivity contribution in [2.24, 2.45) is 0 Å². The van der Waals surface area contributed by atoms with Crippen LogP contribution < -0.4 is 10.6 Å². The quantitative estimate of drug-likeness (QED) is 0.622. The first-order valence-electron chi connectivity index (χ1n) is 10.1. The van der Waals surface area contributed by atoms with Gasteiger partial charge in [-0.25, -0.2) is 0 Å². The van der Waals surface area contributed by atoms with Crippen LogP contribution in [0.15, 0.2) is 42.7 Å². The van der Waals surface area contributed by atoms with E-state index < -0.39 is 0 Å². The third-order valence-electron chi connectivity index (χ3n) is 5.31. The van der Waals surface area contributed by atoms with Gasteiger partial charge in [0.2, 0.25) is 0 Å².